The van der Waals surface area contributed by atoms with Gasteiger partial charge >= 0.3 is 11.9 Å². The van der Waals surface area contributed by atoms with Gasteiger partial charge in [-0.2, -0.15) is 0 Å². The number of benzene rings is 1. The molecule has 1 N–H and O–H groups in total. The normalized spacial score (nSPS) is 10.8. The van der Waals surface area contributed by atoms with Crippen molar-refractivity contribution < 1.29 is 19.4 Å². The Morgan fingerprint density at radius 2 is 1.81 bits per heavy atom. The summed E-state index contributed by atoms with van der Waals surface area (Å²) in [5, 5.41) is 8.27. The summed E-state index contributed by atoms with van der Waals surface area (Å²) in [4.78, 5) is 21.4. The van der Waals surface area contributed by atoms with E-state index in [1.807, 2.05) is 0 Å². The lowest BCUT2D eigenvalue weighted by Gasteiger charge is -1.97. The van der Waals surface area contributed by atoms with Crippen molar-refractivity contribution in [2.45, 2.75) is 0 Å². The van der Waals surface area contributed by atoms with Crippen LogP contribution in [0, 0.1) is 0 Å². The van der Waals surface area contributed by atoms with E-state index in [0.29, 0.717) is 5.56 Å². The quantitative estimate of drug-likeness (QED) is 0.363. The molecule has 0 bridgehead atoms. The van der Waals surface area contributed by atoms with Gasteiger partial charge in [-0.25, -0.2) is 9.59 Å². The highest BCUT2D eigenvalue weighted by atomic mass is 16.5. The number of hydrogen-bond acceptors (Lipinski definition) is 3. The van der Waals surface area contributed by atoms with Crippen LogP contribution in [0.2, 0.25) is 0 Å². The number of aliphatic carboxylic acids is 1. The van der Waals surface area contributed by atoms with E-state index in [1.165, 1.54) is 12.2 Å². The van der Waals surface area contributed by atoms with Crippen LogP contribution in [-0.2, 0) is 9.53 Å². The van der Waals surface area contributed by atoms with Gasteiger partial charge in [-0.3, -0.25) is 0 Å². The maximum atomic E-state index is 11.3. The molecule has 0 unspecified atom stereocenters. The van der Waals surface area contributed by atoms with Crippen LogP contribution in [0.4, 0.5) is 0 Å². The standard InChI is InChI=1S/C12H10O4/c13-11(14)8-4-5-9-16-12(15)10-6-2-1-3-7-10/h1-9H,(H,13,14)/b8-4+,9-5+. The second kappa shape index (κ2) is 6.19. The van der Waals surface area contributed by atoms with Crippen molar-refractivity contribution in [3.63, 3.8) is 0 Å². The molecule has 0 aliphatic carbocycles. The zero-order valence-corrected chi connectivity index (χ0v) is 8.37. The van der Waals surface area contributed by atoms with Gasteiger partial charge in [-0.05, 0) is 18.2 Å². The Balaban J connectivity index is 2.45. The first-order chi connectivity index (χ1) is 7.70. The van der Waals surface area contributed by atoms with Gasteiger partial charge in [0, 0.05) is 6.08 Å². The molecule has 0 fully saturated rings. The fraction of sp³-hybridized carbons (Fsp3) is 0. The minimum Gasteiger partial charge on any atom is -0.478 e. The largest absolute Gasteiger partial charge is 0.478 e. The Kier molecular flexibility index (Phi) is 4.53. The van der Waals surface area contributed by atoms with Crippen LogP contribution in [-0.4, -0.2) is 17.0 Å². The highest BCUT2D eigenvalue weighted by molar-refractivity contribution is 5.89. The summed E-state index contributed by atoms with van der Waals surface area (Å²) in [6.07, 6.45) is 4.66. The molecule has 0 saturated carbocycles. The fourth-order valence-electron chi connectivity index (χ4n) is 0.927. The Morgan fingerprint density at radius 3 is 2.44 bits per heavy atom. The van der Waals surface area contributed by atoms with Crippen LogP contribution in [0.25, 0.3) is 0 Å². The molecule has 0 aromatic heterocycles. The van der Waals surface area contributed by atoms with Gasteiger partial charge in [0.1, 0.15) is 0 Å². The monoisotopic (exact) mass is 218 g/mol. The van der Waals surface area contributed by atoms with E-state index >= 15 is 0 Å². The van der Waals surface area contributed by atoms with Crippen molar-refractivity contribution in [3.05, 3.63) is 60.4 Å². The molecule has 82 valence electrons. The van der Waals surface area contributed by atoms with Crippen molar-refractivity contribution in [2.75, 3.05) is 0 Å². The number of carboxylic acid groups (broad SMARTS) is 1. The molecule has 0 saturated heterocycles. The Bertz CT molecular complexity index is 418. The summed E-state index contributed by atoms with van der Waals surface area (Å²) in [6.45, 7) is 0. The Morgan fingerprint density at radius 1 is 1.12 bits per heavy atom. The lowest BCUT2D eigenvalue weighted by molar-refractivity contribution is -0.131. The Labute approximate surface area is 92.5 Å². The van der Waals surface area contributed by atoms with E-state index in [1.54, 1.807) is 30.3 Å². The summed E-state index contributed by atoms with van der Waals surface area (Å²) in [5.74, 6) is -1.54. The molecule has 0 spiro atoms. The lowest BCUT2D eigenvalue weighted by atomic mass is 10.2. The first-order valence-electron chi connectivity index (χ1n) is 4.52. The van der Waals surface area contributed by atoms with Crippen LogP contribution < -0.4 is 0 Å². The zero-order chi connectivity index (χ0) is 11.8. The molecule has 1 aromatic carbocycles. The molecule has 0 aliphatic heterocycles. The molecule has 0 atom stereocenters. The van der Waals surface area contributed by atoms with Crippen LogP contribution in [0.15, 0.2) is 54.8 Å². The molecule has 0 heterocycles. The van der Waals surface area contributed by atoms with Crippen molar-refractivity contribution in [1.29, 1.82) is 0 Å². The first-order valence-corrected chi connectivity index (χ1v) is 4.52. The number of ether oxygens (including phenoxy) is 1. The molecule has 0 aliphatic rings. The van der Waals surface area contributed by atoms with Gasteiger partial charge in [0.2, 0.25) is 0 Å². The molecule has 16 heavy (non-hydrogen) atoms. The van der Waals surface area contributed by atoms with E-state index in [2.05, 4.69) is 0 Å². The predicted octanol–water partition coefficient (Wildman–Crippen LogP) is 2.00. The third kappa shape index (κ3) is 4.23. The Hall–Kier alpha value is -2.36. The molecule has 4 nitrogen and oxygen atoms in total. The maximum Gasteiger partial charge on any atom is 0.342 e. The molecular formula is C12H10O4. The smallest absolute Gasteiger partial charge is 0.342 e. The van der Waals surface area contributed by atoms with Crippen LogP contribution in [0.5, 0.6) is 0 Å². The van der Waals surface area contributed by atoms with Crippen molar-refractivity contribution >= 4 is 11.9 Å². The summed E-state index contributed by atoms with van der Waals surface area (Å²) >= 11 is 0. The fourth-order valence-corrected chi connectivity index (χ4v) is 0.927. The molecular weight excluding hydrogens is 208 g/mol. The van der Waals surface area contributed by atoms with E-state index in [0.717, 1.165) is 12.3 Å². The minimum absolute atomic E-state index is 0.439. The summed E-state index contributed by atoms with van der Waals surface area (Å²) < 4.78 is 4.75. The molecule has 0 radical (unpaired) electrons. The number of carbonyl (C=O) groups is 2. The SMILES string of the molecule is O=C(O)/C=C/C=C/OC(=O)c1ccccc1. The lowest BCUT2D eigenvalue weighted by Crippen LogP contribution is -1.99. The van der Waals surface area contributed by atoms with Crippen LogP contribution in [0.1, 0.15) is 10.4 Å². The molecule has 0 amide bonds. The van der Waals surface area contributed by atoms with Crippen LogP contribution in [0.3, 0.4) is 0 Å². The van der Waals surface area contributed by atoms with E-state index in [9.17, 15) is 9.59 Å². The van der Waals surface area contributed by atoms with Gasteiger partial charge in [0.15, 0.2) is 0 Å². The molecule has 1 rings (SSSR count). The van der Waals surface area contributed by atoms with Crippen molar-refractivity contribution in [3.8, 4) is 0 Å². The summed E-state index contributed by atoms with van der Waals surface area (Å²) in [6, 6.07) is 8.50. The topological polar surface area (TPSA) is 63.6 Å². The number of esters is 1. The van der Waals surface area contributed by atoms with Gasteiger partial charge in [0.25, 0.3) is 0 Å². The molecule has 4 heteroatoms. The number of rotatable bonds is 4. The first kappa shape index (κ1) is 11.7. The average Bonchev–Trinajstić information content (AvgIpc) is 2.29. The maximum absolute atomic E-state index is 11.3. The van der Waals surface area contributed by atoms with Crippen LogP contribution >= 0.6 is 0 Å². The second-order valence-electron chi connectivity index (χ2n) is 2.80. The third-order valence-corrected chi connectivity index (χ3v) is 1.61. The average molecular weight is 218 g/mol. The highest BCUT2D eigenvalue weighted by Crippen LogP contribution is 2.00. The number of carboxylic acids is 1. The third-order valence-electron chi connectivity index (χ3n) is 1.61. The van der Waals surface area contributed by atoms with Gasteiger partial charge in [-0.1, -0.05) is 24.3 Å². The number of allylic oxidation sites excluding steroid dienone is 2. The predicted molar refractivity (Wildman–Crippen MR) is 57.8 cm³/mol. The summed E-state index contributed by atoms with van der Waals surface area (Å²) in [7, 11) is 0. The van der Waals surface area contributed by atoms with E-state index in [-0.39, 0.29) is 0 Å². The van der Waals surface area contributed by atoms with Gasteiger partial charge in [-0.15, -0.1) is 0 Å². The van der Waals surface area contributed by atoms with E-state index < -0.39 is 11.9 Å². The summed E-state index contributed by atoms with van der Waals surface area (Å²) in [5.41, 5.74) is 0.439. The highest BCUT2D eigenvalue weighted by Gasteiger charge is 2.02. The van der Waals surface area contributed by atoms with Crippen molar-refractivity contribution in [1.82, 2.24) is 0 Å². The number of carbonyl (C=O) groups excluding carboxylic acids is 1. The van der Waals surface area contributed by atoms with Gasteiger partial charge < -0.3 is 9.84 Å². The minimum atomic E-state index is -1.06. The number of hydrogen-bond donors (Lipinski definition) is 1. The molecule has 1 aromatic rings. The second-order valence-corrected chi connectivity index (χ2v) is 2.80. The zero-order valence-electron chi connectivity index (χ0n) is 8.37. The van der Waals surface area contributed by atoms with Gasteiger partial charge in [0.05, 0.1) is 11.8 Å². The van der Waals surface area contributed by atoms with E-state index in [4.69, 9.17) is 9.84 Å². The van der Waals surface area contributed by atoms with Crippen molar-refractivity contribution in [2.24, 2.45) is 0 Å².